The lowest BCUT2D eigenvalue weighted by Crippen LogP contribution is -2.43. The number of alkyl carbamates (subject to hydrolysis) is 1. The van der Waals surface area contributed by atoms with Gasteiger partial charge in [0.15, 0.2) is 0 Å². The molecule has 3 saturated heterocycles. The van der Waals surface area contributed by atoms with E-state index in [-0.39, 0.29) is 49.5 Å². The maximum Gasteiger partial charge on any atom is 0.407 e. The molecule has 0 saturated carbocycles. The molecule has 4 heterocycles. The highest BCUT2D eigenvalue weighted by Crippen LogP contribution is 2.34. The number of hydrogen-bond donors (Lipinski definition) is 1. The van der Waals surface area contributed by atoms with Crippen LogP contribution in [0.5, 0.6) is 0 Å². The number of amides is 1. The highest BCUT2D eigenvalue weighted by molar-refractivity contribution is 5.82. The van der Waals surface area contributed by atoms with E-state index in [4.69, 9.17) is 28.1 Å². The molecule has 0 aromatic carbocycles. The molecule has 1 N–H and O–H groups in total. The predicted octanol–water partition coefficient (Wildman–Crippen LogP) is 6.28. The highest BCUT2D eigenvalue weighted by atomic mass is 16.6. The minimum Gasteiger partial charge on any atom is -0.459 e. The molecule has 3 aliphatic rings. The number of allylic oxidation sites excluding steroid dienone is 2. The molecular weight excluding hydrogens is 644 g/mol. The number of rotatable bonds is 12. The summed E-state index contributed by atoms with van der Waals surface area (Å²) in [4.78, 5) is 41.7. The SMILES string of the molecule is COC(=O)NC/C=C\c1nc(CC/C=C\C(=O)O[C@H]2C[C@H]3CC(=O)O[C@@H](/C=C/CC(C)C)C[C@@H]4CC[C@H](C)[C@@H](C[C@@H](OC)C[C@H](C2)O3)O4)co1. The first-order chi connectivity index (χ1) is 24.1. The Morgan fingerprint density at radius 3 is 2.58 bits per heavy atom. The Kier molecular flexibility index (Phi) is 16.0. The first-order valence-corrected chi connectivity index (χ1v) is 18.1. The fourth-order valence-electron chi connectivity index (χ4n) is 6.66. The summed E-state index contributed by atoms with van der Waals surface area (Å²) in [6.07, 6.45) is 17.2. The van der Waals surface area contributed by atoms with Crippen LogP contribution in [0.1, 0.15) is 96.6 Å². The average Bonchev–Trinajstić information content (AvgIpc) is 3.52. The van der Waals surface area contributed by atoms with E-state index in [1.165, 1.54) is 13.2 Å². The third-order valence-electron chi connectivity index (χ3n) is 9.35. The van der Waals surface area contributed by atoms with Crippen molar-refractivity contribution in [2.24, 2.45) is 11.8 Å². The zero-order chi connectivity index (χ0) is 35.9. The molecule has 1 aromatic rings. The Morgan fingerprint density at radius 2 is 1.80 bits per heavy atom. The molecule has 4 bridgehead atoms. The van der Waals surface area contributed by atoms with Crippen LogP contribution in [0.15, 0.2) is 41.1 Å². The number of methoxy groups -OCH3 is 2. The average molecular weight is 701 g/mol. The Balaban J connectivity index is 1.34. The number of carbonyl (C=O) groups excluding carboxylic acids is 3. The Bertz CT molecular complexity index is 1310. The van der Waals surface area contributed by atoms with E-state index in [1.807, 2.05) is 6.08 Å². The van der Waals surface area contributed by atoms with Crippen molar-refractivity contribution in [2.75, 3.05) is 20.8 Å². The third kappa shape index (κ3) is 13.7. The zero-order valence-corrected chi connectivity index (χ0v) is 30.3. The summed E-state index contributed by atoms with van der Waals surface area (Å²) in [6, 6.07) is 0. The van der Waals surface area contributed by atoms with Gasteiger partial charge in [0.2, 0.25) is 5.89 Å². The molecule has 12 nitrogen and oxygen atoms in total. The van der Waals surface area contributed by atoms with Gasteiger partial charge in [0.25, 0.3) is 0 Å². The van der Waals surface area contributed by atoms with Gasteiger partial charge in [-0.15, -0.1) is 0 Å². The van der Waals surface area contributed by atoms with Crippen LogP contribution in [-0.4, -0.2) is 86.5 Å². The van der Waals surface area contributed by atoms with Crippen molar-refractivity contribution in [3.63, 3.8) is 0 Å². The van der Waals surface area contributed by atoms with E-state index in [2.05, 4.69) is 41.9 Å². The summed E-state index contributed by atoms with van der Waals surface area (Å²) in [6.45, 7) is 6.83. The third-order valence-corrected chi connectivity index (χ3v) is 9.35. The van der Waals surface area contributed by atoms with Crippen molar-refractivity contribution in [3.8, 4) is 0 Å². The van der Waals surface area contributed by atoms with Crippen LogP contribution < -0.4 is 5.32 Å². The van der Waals surface area contributed by atoms with Crippen molar-refractivity contribution in [2.45, 2.75) is 134 Å². The first kappa shape index (κ1) is 39.3. The van der Waals surface area contributed by atoms with Crippen molar-refractivity contribution < 1.29 is 47.2 Å². The van der Waals surface area contributed by atoms with Gasteiger partial charge >= 0.3 is 18.0 Å². The van der Waals surface area contributed by atoms with Gasteiger partial charge in [0.1, 0.15) is 18.5 Å². The largest absolute Gasteiger partial charge is 0.459 e. The molecule has 12 heteroatoms. The van der Waals surface area contributed by atoms with Crippen LogP contribution in [0.2, 0.25) is 0 Å². The molecular formula is C38H56N2O10. The number of hydrogen-bond acceptors (Lipinski definition) is 11. The number of nitrogens with zero attached hydrogens (tertiary/aromatic N) is 1. The summed E-state index contributed by atoms with van der Waals surface area (Å²) < 4.78 is 40.8. The van der Waals surface area contributed by atoms with Gasteiger partial charge in [0.05, 0.1) is 49.7 Å². The van der Waals surface area contributed by atoms with Crippen LogP contribution >= 0.6 is 0 Å². The Labute approximate surface area is 296 Å². The summed E-state index contributed by atoms with van der Waals surface area (Å²) in [7, 11) is 3.02. The smallest absolute Gasteiger partial charge is 0.407 e. The minimum atomic E-state index is -0.517. The second kappa shape index (κ2) is 20.4. The maximum absolute atomic E-state index is 13.3. The van der Waals surface area contributed by atoms with Crippen molar-refractivity contribution >= 4 is 24.1 Å². The number of oxazole rings is 1. The van der Waals surface area contributed by atoms with Gasteiger partial charge < -0.3 is 38.2 Å². The van der Waals surface area contributed by atoms with E-state index < -0.39 is 24.3 Å². The van der Waals surface area contributed by atoms with Crippen LogP contribution in [0, 0.1) is 11.8 Å². The van der Waals surface area contributed by atoms with Gasteiger partial charge in [-0.05, 0) is 62.5 Å². The van der Waals surface area contributed by atoms with Crippen molar-refractivity contribution in [1.29, 1.82) is 0 Å². The van der Waals surface area contributed by atoms with Gasteiger partial charge in [-0.3, -0.25) is 4.79 Å². The number of carbonyl (C=O) groups is 3. The van der Waals surface area contributed by atoms with Gasteiger partial charge in [-0.2, -0.15) is 0 Å². The lowest BCUT2D eigenvalue weighted by Gasteiger charge is -2.40. The molecule has 4 rings (SSSR count). The summed E-state index contributed by atoms with van der Waals surface area (Å²) in [5, 5.41) is 2.54. The normalized spacial score (nSPS) is 29.6. The number of cyclic esters (lactones) is 1. The number of aromatic nitrogens is 1. The van der Waals surface area contributed by atoms with Crippen LogP contribution in [0.4, 0.5) is 4.79 Å². The number of ether oxygens (including phenoxy) is 6. The second-order valence-electron chi connectivity index (χ2n) is 14.0. The molecule has 0 aliphatic carbocycles. The summed E-state index contributed by atoms with van der Waals surface area (Å²) in [5.74, 6) is 0.537. The molecule has 1 aromatic heterocycles. The fraction of sp³-hybridized carbons (Fsp3) is 0.684. The summed E-state index contributed by atoms with van der Waals surface area (Å²) >= 11 is 0. The van der Waals surface area contributed by atoms with Crippen molar-refractivity contribution in [3.05, 3.63) is 48.2 Å². The second-order valence-corrected chi connectivity index (χ2v) is 14.0. The molecule has 3 aliphatic heterocycles. The van der Waals surface area contributed by atoms with E-state index in [0.717, 1.165) is 31.4 Å². The number of esters is 2. The fourth-order valence-corrected chi connectivity index (χ4v) is 6.66. The van der Waals surface area contributed by atoms with Gasteiger partial charge in [0, 0.05) is 45.4 Å². The van der Waals surface area contributed by atoms with Crippen LogP contribution in [0.3, 0.4) is 0 Å². The lowest BCUT2D eigenvalue weighted by atomic mass is 9.86. The monoisotopic (exact) mass is 700 g/mol. The number of aryl methyl sites for hydroxylation is 1. The molecule has 1 amide bonds. The van der Waals surface area contributed by atoms with E-state index >= 15 is 0 Å². The molecule has 0 unspecified atom stereocenters. The minimum absolute atomic E-state index is 0.0180. The zero-order valence-electron chi connectivity index (χ0n) is 30.3. The van der Waals surface area contributed by atoms with E-state index in [9.17, 15) is 14.4 Å². The van der Waals surface area contributed by atoms with E-state index in [1.54, 1.807) is 31.6 Å². The topological polar surface area (TPSA) is 145 Å². The molecule has 0 spiro atoms. The quantitative estimate of drug-likeness (QED) is 0.114. The predicted molar refractivity (Wildman–Crippen MR) is 186 cm³/mol. The van der Waals surface area contributed by atoms with Crippen molar-refractivity contribution in [1.82, 2.24) is 10.3 Å². The number of fused-ring (bicyclic) bond motifs is 4. The first-order valence-electron chi connectivity index (χ1n) is 18.1. The molecule has 3 fully saturated rings. The van der Waals surface area contributed by atoms with E-state index in [0.29, 0.717) is 56.3 Å². The van der Waals surface area contributed by atoms with Crippen LogP contribution in [-0.2, 0) is 44.4 Å². The maximum atomic E-state index is 13.3. The standard InChI is InChI=1S/C38H56N2O10/c1-25(2)10-8-12-28-18-29-16-15-26(3)34(48-29)22-30(44-4)19-31-20-32(21-33(47-31)23-37(42)49-28)50-36(41)14-7-6-11-27-24-46-35(40-27)13-9-17-39-38(43)45-5/h7-9,12-14,24-26,28-34H,6,10-11,15-23H2,1-5H3,(H,39,43)/b12-8+,13-9-,14-7-/t26-,28-,29-,30-,31+,32+,33-,34+/m0/s1. The molecule has 278 valence electrons. The highest BCUT2D eigenvalue weighted by Gasteiger charge is 2.38. The molecule has 0 radical (unpaired) electrons. The Morgan fingerprint density at radius 1 is 1.00 bits per heavy atom. The van der Waals surface area contributed by atoms with Gasteiger partial charge in [-0.1, -0.05) is 39.0 Å². The van der Waals surface area contributed by atoms with Gasteiger partial charge in [-0.25, -0.2) is 14.6 Å². The molecule has 50 heavy (non-hydrogen) atoms. The van der Waals surface area contributed by atoms with Crippen LogP contribution in [0.25, 0.3) is 6.08 Å². The lowest BCUT2D eigenvalue weighted by molar-refractivity contribution is -0.171. The number of nitrogens with one attached hydrogen (secondary N) is 1. The summed E-state index contributed by atoms with van der Waals surface area (Å²) in [5.41, 5.74) is 0.735. The Hall–Kier alpha value is -3.48. The molecule has 8 atom stereocenters.